The van der Waals surface area contributed by atoms with Crippen molar-refractivity contribution in [2.45, 2.75) is 38.1 Å². The quantitative estimate of drug-likeness (QED) is 0.772. The van der Waals surface area contributed by atoms with Gasteiger partial charge in [0.1, 0.15) is 5.01 Å². The van der Waals surface area contributed by atoms with Gasteiger partial charge in [-0.15, -0.1) is 22.9 Å². The van der Waals surface area contributed by atoms with E-state index in [-0.39, 0.29) is 18.7 Å². The molecule has 100 valence electrons. The summed E-state index contributed by atoms with van der Waals surface area (Å²) in [7, 11) is 0. The number of amides is 2. The number of alkyl halides is 1. The molecule has 0 bridgehead atoms. The van der Waals surface area contributed by atoms with Crippen LogP contribution in [0.4, 0.5) is 0 Å². The molecule has 0 atom stereocenters. The first kappa shape index (κ1) is 14.9. The van der Waals surface area contributed by atoms with Crippen LogP contribution in [0.15, 0.2) is 5.38 Å². The highest BCUT2D eigenvalue weighted by Crippen LogP contribution is 2.13. The Morgan fingerprint density at radius 2 is 2.22 bits per heavy atom. The monoisotopic (exact) mass is 289 g/mol. The molecule has 0 fully saturated rings. The molecule has 0 aliphatic heterocycles. The van der Waals surface area contributed by atoms with Crippen LogP contribution in [-0.2, 0) is 21.9 Å². The van der Waals surface area contributed by atoms with Gasteiger partial charge >= 0.3 is 0 Å². The Labute approximate surface area is 115 Å². The Kier molecular flexibility index (Phi) is 5.10. The number of hydrogen-bond donors (Lipinski definition) is 2. The van der Waals surface area contributed by atoms with Gasteiger partial charge in [0, 0.05) is 17.3 Å². The first-order valence-electron chi connectivity index (χ1n) is 5.41. The molecular formula is C11H16ClN3O2S. The second-order valence-corrected chi connectivity index (χ2v) is 5.83. The van der Waals surface area contributed by atoms with E-state index in [9.17, 15) is 9.59 Å². The van der Waals surface area contributed by atoms with E-state index in [1.54, 1.807) is 13.8 Å². The van der Waals surface area contributed by atoms with E-state index in [1.807, 2.05) is 5.38 Å². The molecule has 0 radical (unpaired) electrons. The normalized spacial score (nSPS) is 11.3. The maximum absolute atomic E-state index is 11.8. The van der Waals surface area contributed by atoms with Crippen LogP contribution >= 0.6 is 22.9 Å². The molecule has 7 heteroatoms. The predicted octanol–water partition coefficient (Wildman–Crippen LogP) is 1.19. The molecule has 18 heavy (non-hydrogen) atoms. The number of nitrogens with one attached hydrogen (secondary N) is 1. The lowest BCUT2D eigenvalue weighted by Gasteiger charge is -2.24. The topological polar surface area (TPSA) is 85.1 Å². The SMILES string of the molecule is CC(C)(CC(N)=O)NC(=O)Cc1nc(CCl)cs1. The zero-order valence-corrected chi connectivity index (χ0v) is 11.9. The van der Waals surface area contributed by atoms with Gasteiger partial charge in [-0.2, -0.15) is 0 Å². The number of thiazole rings is 1. The number of nitrogens with zero attached hydrogens (tertiary/aromatic N) is 1. The molecule has 0 unspecified atom stereocenters. The van der Waals surface area contributed by atoms with Crippen LogP contribution in [0.2, 0.25) is 0 Å². The zero-order chi connectivity index (χ0) is 13.8. The van der Waals surface area contributed by atoms with Crippen molar-refractivity contribution in [3.8, 4) is 0 Å². The third-order valence-electron chi connectivity index (χ3n) is 2.14. The van der Waals surface area contributed by atoms with Crippen LogP contribution in [0.3, 0.4) is 0 Å². The van der Waals surface area contributed by atoms with Gasteiger partial charge in [-0.1, -0.05) is 0 Å². The summed E-state index contributed by atoms with van der Waals surface area (Å²) in [5.74, 6) is -0.290. The van der Waals surface area contributed by atoms with Gasteiger partial charge in [-0.05, 0) is 13.8 Å². The molecule has 5 nitrogen and oxygen atoms in total. The lowest BCUT2D eigenvalue weighted by molar-refractivity contribution is -0.123. The molecular weight excluding hydrogens is 274 g/mol. The third-order valence-corrected chi connectivity index (χ3v) is 3.31. The Hall–Kier alpha value is -1.14. The van der Waals surface area contributed by atoms with E-state index in [2.05, 4.69) is 10.3 Å². The van der Waals surface area contributed by atoms with E-state index in [1.165, 1.54) is 11.3 Å². The van der Waals surface area contributed by atoms with E-state index in [0.29, 0.717) is 10.9 Å². The Balaban J connectivity index is 2.53. The Morgan fingerprint density at radius 1 is 1.56 bits per heavy atom. The minimum atomic E-state index is -0.643. The molecule has 1 aromatic heterocycles. The summed E-state index contributed by atoms with van der Waals surface area (Å²) in [6, 6.07) is 0. The van der Waals surface area contributed by atoms with Gasteiger partial charge in [0.05, 0.1) is 18.0 Å². The van der Waals surface area contributed by atoms with Gasteiger partial charge < -0.3 is 11.1 Å². The fourth-order valence-electron chi connectivity index (χ4n) is 1.53. The van der Waals surface area contributed by atoms with Gasteiger partial charge in [-0.3, -0.25) is 9.59 Å². The van der Waals surface area contributed by atoms with Crippen molar-refractivity contribution < 1.29 is 9.59 Å². The van der Waals surface area contributed by atoms with Crippen LogP contribution in [0.1, 0.15) is 31.0 Å². The van der Waals surface area contributed by atoms with E-state index in [4.69, 9.17) is 17.3 Å². The molecule has 0 spiro atoms. The lowest BCUT2D eigenvalue weighted by atomic mass is 10.0. The number of hydrogen-bond acceptors (Lipinski definition) is 4. The number of halogens is 1. The predicted molar refractivity (Wildman–Crippen MR) is 71.4 cm³/mol. The van der Waals surface area contributed by atoms with Crippen molar-refractivity contribution in [1.82, 2.24) is 10.3 Å². The number of primary amides is 1. The molecule has 1 aromatic rings. The van der Waals surface area contributed by atoms with Crippen molar-refractivity contribution in [1.29, 1.82) is 0 Å². The minimum Gasteiger partial charge on any atom is -0.370 e. The highest BCUT2D eigenvalue weighted by atomic mass is 35.5. The molecule has 1 rings (SSSR count). The maximum Gasteiger partial charge on any atom is 0.227 e. The van der Waals surface area contributed by atoms with Crippen molar-refractivity contribution in [2.75, 3.05) is 0 Å². The van der Waals surface area contributed by atoms with Gasteiger partial charge in [0.15, 0.2) is 0 Å². The van der Waals surface area contributed by atoms with Gasteiger partial charge in [0.25, 0.3) is 0 Å². The Bertz CT molecular complexity index is 445. The van der Waals surface area contributed by atoms with Crippen LogP contribution < -0.4 is 11.1 Å². The highest BCUT2D eigenvalue weighted by Gasteiger charge is 2.23. The number of rotatable bonds is 6. The van der Waals surface area contributed by atoms with Crippen LogP contribution in [0, 0.1) is 0 Å². The van der Waals surface area contributed by atoms with Crippen molar-refractivity contribution in [3.63, 3.8) is 0 Å². The smallest absolute Gasteiger partial charge is 0.227 e. The second-order valence-electron chi connectivity index (χ2n) is 4.62. The Morgan fingerprint density at radius 3 is 2.72 bits per heavy atom. The van der Waals surface area contributed by atoms with Crippen LogP contribution in [0.5, 0.6) is 0 Å². The molecule has 1 heterocycles. The summed E-state index contributed by atoms with van der Waals surface area (Å²) < 4.78 is 0. The largest absolute Gasteiger partial charge is 0.370 e. The molecule has 0 saturated heterocycles. The van der Waals surface area contributed by atoms with Crippen LogP contribution in [-0.4, -0.2) is 22.3 Å². The minimum absolute atomic E-state index is 0.101. The highest BCUT2D eigenvalue weighted by molar-refractivity contribution is 7.09. The molecule has 3 N–H and O–H groups in total. The zero-order valence-electron chi connectivity index (χ0n) is 10.3. The summed E-state index contributed by atoms with van der Waals surface area (Å²) in [4.78, 5) is 26.8. The third kappa shape index (κ3) is 5.01. The lowest BCUT2D eigenvalue weighted by Crippen LogP contribution is -2.46. The molecule has 0 aromatic carbocycles. The summed E-state index contributed by atoms with van der Waals surface area (Å²) in [6.45, 7) is 3.50. The summed E-state index contributed by atoms with van der Waals surface area (Å²) in [5.41, 5.74) is 5.23. The van der Waals surface area contributed by atoms with E-state index in [0.717, 1.165) is 5.69 Å². The van der Waals surface area contributed by atoms with Crippen LogP contribution in [0.25, 0.3) is 0 Å². The van der Waals surface area contributed by atoms with Crippen molar-refractivity contribution in [2.24, 2.45) is 5.73 Å². The second kappa shape index (κ2) is 6.15. The van der Waals surface area contributed by atoms with Crippen molar-refractivity contribution >= 4 is 34.8 Å². The van der Waals surface area contributed by atoms with Crippen molar-refractivity contribution in [3.05, 3.63) is 16.1 Å². The first-order valence-corrected chi connectivity index (χ1v) is 6.82. The molecule has 0 aliphatic carbocycles. The summed E-state index contributed by atoms with van der Waals surface area (Å²) >= 11 is 7.03. The number of carbonyl (C=O) groups excluding carboxylic acids is 2. The molecule has 0 aliphatic rings. The number of carbonyl (C=O) groups is 2. The average Bonchev–Trinajstić information content (AvgIpc) is 2.61. The average molecular weight is 290 g/mol. The number of aromatic nitrogens is 1. The summed E-state index contributed by atoms with van der Waals surface area (Å²) in [5, 5.41) is 5.29. The standard InChI is InChI=1S/C11H16ClN3O2S/c1-11(2,4-8(13)16)15-9(17)3-10-14-7(5-12)6-18-10/h6H,3-5H2,1-2H3,(H2,13,16)(H,15,17). The molecule has 2 amide bonds. The first-order chi connectivity index (χ1) is 8.32. The van der Waals surface area contributed by atoms with E-state index >= 15 is 0 Å². The molecule has 0 saturated carbocycles. The van der Waals surface area contributed by atoms with Gasteiger partial charge in [-0.25, -0.2) is 4.98 Å². The fourth-order valence-corrected chi connectivity index (χ4v) is 2.55. The van der Waals surface area contributed by atoms with E-state index < -0.39 is 11.4 Å². The fraction of sp³-hybridized carbons (Fsp3) is 0.545. The maximum atomic E-state index is 11.8. The van der Waals surface area contributed by atoms with Gasteiger partial charge in [0.2, 0.25) is 11.8 Å². The summed E-state index contributed by atoms with van der Waals surface area (Å²) in [6.07, 6.45) is 0.285. The number of nitrogens with two attached hydrogens (primary N) is 1.